The molecule has 0 saturated carbocycles. The first-order valence-electron chi connectivity index (χ1n) is 26.1. The molecule has 0 aliphatic carbocycles. The lowest BCUT2D eigenvalue weighted by atomic mass is 9.96. The van der Waals surface area contributed by atoms with Crippen LogP contribution in [0.5, 0.6) is 0 Å². The Balaban J connectivity index is 1.000. The van der Waals surface area contributed by atoms with Crippen molar-refractivity contribution in [1.29, 1.82) is 0 Å². The summed E-state index contributed by atoms with van der Waals surface area (Å²) in [6, 6.07) is 76.0. The normalized spacial score (nSPS) is 11.9. The highest BCUT2D eigenvalue weighted by molar-refractivity contribution is 6.02. The summed E-state index contributed by atoms with van der Waals surface area (Å²) >= 11 is 0. The number of hydrogen-bond donors (Lipinski definition) is 0. The zero-order chi connectivity index (χ0) is 52.0. The summed E-state index contributed by atoms with van der Waals surface area (Å²) in [5, 5.41) is 9.27. The molecule has 366 valence electrons. The van der Waals surface area contributed by atoms with Crippen molar-refractivity contribution in [2.45, 2.75) is 0 Å². The van der Waals surface area contributed by atoms with E-state index >= 15 is 0 Å². The molecule has 78 heavy (non-hydrogen) atoms. The summed E-state index contributed by atoms with van der Waals surface area (Å²) in [6.45, 7) is 0. The summed E-state index contributed by atoms with van der Waals surface area (Å²) in [5.41, 5.74) is 14.2. The van der Waals surface area contributed by atoms with E-state index in [1.165, 1.54) is 0 Å². The third kappa shape index (κ3) is 9.47. The van der Waals surface area contributed by atoms with E-state index in [9.17, 15) is 0 Å². The number of aromatic nitrogens is 6. The first-order valence-corrected chi connectivity index (χ1v) is 26.1. The molecule has 0 radical (unpaired) electrons. The second-order valence-corrected chi connectivity index (χ2v) is 18.9. The minimum Gasteiger partial charge on any atom is -0.256 e. The molecular formula is C72H48N6. The number of rotatable bonds is 12. The molecule has 0 aliphatic rings. The van der Waals surface area contributed by atoms with E-state index < -0.39 is 0 Å². The van der Waals surface area contributed by atoms with Crippen LogP contribution < -0.4 is 0 Å². The maximum Gasteiger partial charge on any atom is 0.0895 e. The molecule has 0 atom stereocenters. The molecule has 5 aromatic heterocycles. The van der Waals surface area contributed by atoms with E-state index in [0.29, 0.717) is 22.8 Å². The van der Waals surface area contributed by atoms with Crippen LogP contribution in [-0.4, -0.2) is 29.9 Å². The van der Waals surface area contributed by atoms with Crippen LogP contribution in [0.25, 0.3) is 136 Å². The Morgan fingerprint density at radius 2 is 0.385 bits per heavy atom. The number of fused-ring (bicyclic) bond motifs is 4. The average Bonchev–Trinajstić information content (AvgIpc) is 3.52. The van der Waals surface area contributed by atoms with Crippen molar-refractivity contribution in [3.8, 4) is 44.5 Å². The molecule has 6 nitrogen and oxygen atoms in total. The fourth-order valence-electron chi connectivity index (χ4n) is 10.6. The number of pyridine rings is 4. The van der Waals surface area contributed by atoms with Gasteiger partial charge in [0.25, 0.3) is 0 Å². The lowest BCUT2D eigenvalue weighted by Gasteiger charge is -2.11. The predicted octanol–water partition coefficient (Wildman–Crippen LogP) is 18.0. The standard InChI is InChI=1S/C72H48N6/c1-5-25-53-49(17-1)21-9-29-57(53)61-33-13-45-73-65(61)37-41-69-70(42-38-66-62(34-14-46-74-66)58-30-10-22-50-18-2-6-26-54(50)58)78-72(44-40-68-64(36-16-48-76-68)60-32-12-24-52-20-4-8-28-56(52)60)71(77-69)43-39-67-63(35-15-47-75-67)59-31-11-23-51-19-3-7-27-55(51)59/h1-48H. The van der Waals surface area contributed by atoms with Crippen molar-refractivity contribution in [1.82, 2.24) is 29.9 Å². The van der Waals surface area contributed by atoms with Gasteiger partial charge in [0.2, 0.25) is 0 Å². The second-order valence-electron chi connectivity index (χ2n) is 18.9. The lowest BCUT2D eigenvalue weighted by Crippen LogP contribution is -2.00. The topological polar surface area (TPSA) is 77.3 Å². The van der Waals surface area contributed by atoms with Crippen LogP contribution in [0.1, 0.15) is 45.6 Å². The van der Waals surface area contributed by atoms with E-state index in [2.05, 4.69) is 194 Å². The van der Waals surface area contributed by atoms with Gasteiger partial charge in [-0.3, -0.25) is 19.9 Å². The highest BCUT2D eigenvalue weighted by atomic mass is 14.8. The van der Waals surface area contributed by atoms with Crippen molar-refractivity contribution in [3.63, 3.8) is 0 Å². The van der Waals surface area contributed by atoms with Gasteiger partial charge >= 0.3 is 0 Å². The van der Waals surface area contributed by atoms with Gasteiger partial charge in [-0.1, -0.05) is 194 Å². The molecule has 0 aliphatic heterocycles. The van der Waals surface area contributed by atoms with Crippen LogP contribution in [-0.2, 0) is 0 Å². The number of nitrogens with zero attached hydrogens (tertiary/aromatic N) is 6. The second kappa shape index (κ2) is 21.4. The fraction of sp³-hybridized carbons (Fsp3) is 0. The lowest BCUT2D eigenvalue weighted by molar-refractivity contribution is 1.12. The van der Waals surface area contributed by atoms with Crippen LogP contribution in [0.3, 0.4) is 0 Å². The highest BCUT2D eigenvalue weighted by Gasteiger charge is 2.15. The Labute approximate surface area is 452 Å². The summed E-state index contributed by atoms with van der Waals surface area (Å²) in [7, 11) is 0. The molecule has 8 aromatic carbocycles. The number of hydrogen-bond acceptors (Lipinski definition) is 6. The average molecular weight is 997 g/mol. The quantitative estimate of drug-likeness (QED) is 0.121. The monoisotopic (exact) mass is 996 g/mol. The van der Waals surface area contributed by atoms with Gasteiger partial charge in [0, 0.05) is 47.0 Å². The molecule has 6 heteroatoms. The van der Waals surface area contributed by atoms with Gasteiger partial charge in [-0.15, -0.1) is 0 Å². The van der Waals surface area contributed by atoms with Gasteiger partial charge < -0.3 is 0 Å². The molecule has 5 heterocycles. The summed E-state index contributed by atoms with van der Waals surface area (Å²) in [6.07, 6.45) is 23.6. The Kier molecular flexibility index (Phi) is 12.9. The molecule has 0 unspecified atom stereocenters. The Hall–Kier alpha value is -10.6. The maximum atomic E-state index is 5.54. The van der Waals surface area contributed by atoms with E-state index in [1.807, 2.05) is 97.7 Å². The first kappa shape index (κ1) is 47.2. The molecule has 0 spiro atoms. The van der Waals surface area contributed by atoms with Gasteiger partial charge in [-0.05, 0) is 138 Å². The van der Waals surface area contributed by atoms with E-state index in [0.717, 1.165) is 110 Å². The zero-order valence-corrected chi connectivity index (χ0v) is 42.4. The van der Waals surface area contributed by atoms with Gasteiger partial charge in [0.05, 0.1) is 45.6 Å². The van der Waals surface area contributed by atoms with E-state index in [-0.39, 0.29) is 0 Å². The van der Waals surface area contributed by atoms with Crippen LogP contribution in [0.2, 0.25) is 0 Å². The molecule has 0 N–H and O–H groups in total. The Bertz CT molecular complexity index is 3930. The summed E-state index contributed by atoms with van der Waals surface area (Å²) in [5.74, 6) is 0. The minimum atomic E-state index is 0.643. The summed E-state index contributed by atoms with van der Waals surface area (Å²) in [4.78, 5) is 30.9. The highest BCUT2D eigenvalue weighted by Crippen LogP contribution is 2.36. The SMILES string of the molecule is C(=Cc1nc(C=Cc2ncccc2-c2cccc3ccccc23)c(C=Cc2ncccc2-c2cccc3ccccc23)nc1C=Cc1ncccc1-c1cccc2ccccc12)c1ncccc1-c1cccc2ccccc12. The van der Waals surface area contributed by atoms with Gasteiger partial charge in [0.1, 0.15) is 0 Å². The Morgan fingerprint density at radius 3 is 0.641 bits per heavy atom. The van der Waals surface area contributed by atoms with Crippen LogP contribution in [0.15, 0.2) is 243 Å². The fourth-order valence-corrected chi connectivity index (χ4v) is 10.6. The zero-order valence-electron chi connectivity index (χ0n) is 42.4. The van der Waals surface area contributed by atoms with Crippen molar-refractivity contribution in [3.05, 3.63) is 289 Å². The van der Waals surface area contributed by atoms with Crippen molar-refractivity contribution < 1.29 is 0 Å². The van der Waals surface area contributed by atoms with Crippen molar-refractivity contribution >= 4 is 91.7 Å². The van der Waals surface area contributed by atoms with Gasteiger partial charge in [-0.2, -0.15) is 0 Å². The smallest absolute Gasteiger partial charge is 0.0895 e. The van der Waals surface area contributed by atoms with Crippen LogP contribution in [0.4, 0.5) is 0 Å². The molecule has 13 rings (SSSR count). The number of benzene rings is 8. The molecule has 0 bridgehead atoms. The van der Waals surface area contributed by atoms with Gasteiger partial charge in [0.15, 0.2) is 0 Å². The van der Waals surface area contributed by atoms with Crippen LogP contribution >= 0.6 is 0 Å². The predicted molar refractivity (Wildman–Crippen MR) is 326 cm³/mol. The largest absolute Gasteiger partial charge is 0.256 e. The third-order valence-electron chi connectivity index (χ3n) is 14.3. The minimum absolute atomic E-state index is 0.643. The molecule has 13 aromatic rings. The van der Waals surface area contributed by atoms with Crippen LogP contribution in [0, 0.1) is 0 Å². The molecule has 0 fully saturated rings. The van der Waals surface area contributed by atoms with Crippen molar-refractivity contribution in [2.24, 2.45) is 0 Å². The molecular weight excluding hydrogens is 949 g/mol. The van der Waals surface area contributed by atoms with Gasteiger partial charge in [-0.25, -0.2) is 9.97 Å². The molecule has 0 amide bonds. The first-order chi connectivity index (χ1) is 38.7. The Morgan fingerprint density at radius 1 is 0.179 bits per heavy atom. The maximum absolute atomic E-state index is 5.54. The van der Waals surface area contributed by atoms with Crippen molar-refractivity contribution in [2.75, 3.05) is 0 Å². The van der Waals surface area contributed by atoms with E-state index in [4.69, 9.17) is 29.9 Å². The van der Waals surface area contributed by atoms with E-state index in [1.54, 1.807) is 0 Å². The summed E-state index contributed by atoms with van der Waals surface area (Å²) < 4.78 is 0. The molecule has 0 saturated heterocycles. The third-order valence-corrected chi connectivity index (χ3v) is 14.3.